The first-order valence-corrected chi connectivity index (χ1v) is 5.33. The molecule has 1 N–H and O–H groups in total. The molecule has 0 spiro atoms. The van der Waals surface area contributed by atoms with Gasteiger partial charge < -0.3 is 14.6 Å². The first-order chi connectivity index (χ1) is 7.52. The molecule has 0 heterocycles. The van der Waals surface area contributed by atoms with Gasteiger partial charge in [-0.1, -0.05) is 6.92 Å². The minimum atomic E-state index is 0.0297. The number of carbonyl (C=O) groups is 1. The summed E-state index contributed by atoms with van der Waals surface area (Å²) in [5, 5.41) is 10.1. The Hall–Kier alpha value is -1.51. The average Bonchev–Trinajstić information content (AvgIpc) is 2.24. The van der Waals surface area contributed by atoms with Crippen molar-refractivity contribution >= 4 is 6.29 Å². The fourth-order valence-corrected chi connectivity index (χ4v) is 1.98. The van der Waals surface area contributed by atoms with Crippen LogP contribution >= 0.6 is 0 Å². The second kappa shape index (κ2) is 5.01. The second-order valence-corrected chi connectivity index (χ2v) is 4.09. The molecule has 0 aliphatic carbocycles. The molecule has 0 aliphatic heterocycles. The number of rotatable bonds is 4. The molecule has 0 bridgehead atoms. The zero-order chi connectivity index (χ0) is 12.3. The van der Waals surface area contributed by atoms with Gasteiger partial charge >= 0.3 is 0 Å². The smallest absolute Gasteiger partial charge is 0.125 e. The number of hydrogen-bond donors (Lipinski definition) is 1. The van der Waals surface area contributed by atoms with Crippen LogP contribution in [0.5, 0.6) is 11.5 Å². The molecule has 1 rings (SSSR count). The van der Waals surface area contributed by atoms with Gasteiger partial charge in [-0.15, -0.1) is 0 Å². The molecule has 0 fully saturated rings. The third-order valence-electron chi connectivity index (χ3n) is 2.91. The molecule has 1 aromatic carbocycles. The van der Waals surface area contributed by atoms with Crippen LogP contribution in [0, 0.1) is 13.8 Å². The molecular weight excluding hydrogens is 204 g/mol. The van der Waals surface area contributed by atoms with Crippen molar-refractivity contribution in [1.82, 2.24) is 0 Å². The molecule has 0 aliphatic rings. The van der Waals surface area contributed by atoms with Crippen LogP contribution < -0.4 is 4.74 Å². The largest absolute Gasteiger partial charge is 0.507 e. The maximum Gasteiger partial charge on any atom is 0.125 e. The molecule has 16 heavy (non-hydrogen) atoms. The van der Waals surface area contributed by atoms with Crippen molar-refractivity contribution < 1.29 is 14.6 Å². The normalized spacial score (nSPS) is 12.2. The summed E-state index contributed by atoms with van der Waals surface area (Å²) in [4.78, 5) is 10.5. The Morgan fingerprint density at radius 2 is 2.12 bits per heavy atom. The van der Waals surface area contributed by atoms with Crippen molar-refractivity contribution in [2.45, 2.75) is 33.1 Å². The van der Waals surface area contributed by atoms with E-state index in [0.29, 0.717) is 12.2 Å². The standard InChI is InChI=1S/C13H18O3/c1-8(5-6-14)12-9(2)7-11(16-4)10(3)13(12)15/h6-8,15H,5H2,1-4H3. The molecule has 1 aromatic rings. The summed E-state index contributed by atoms with van der Waals surface area (Å²) < 4.78 is 5.17. The summed E-state index contributed by atoms with van der Waals surface area (Å²) in [6, 6.07) is 1.89. The van der Waals surface area contributed by atoms with Crippen molar-refractivity contribution in [3.8, 4) is 11.5 Å². The molecule has 0 saturated heterocycles. The van der Waals surface area contributed by atoms with E-state index in [4.69, 9.17) is 4.74 Å². The second-order valence-electron chi connectivity index (χ2n) is 4.09. The summed E-state index contributed by atoms with van der Waals surface area (Å²) in [7, 11) is 1.58. The minimum Gasteiger partial charge on any atom is -0.507 e. The number of carbonyl (C=O) groups excluding carboxylic acids is 1. The van der Waals surface area contributed by atoms with Gasteiger partial charge in [0, 0.05) is 17.5 Å². The predicted molar refractivity (Wildman–Crippen MR) is 63.2 cm³/mol. The summed E-state index contributed by atoms with van der Waals surface area (Å²) in [5.41, 5.74) is 2.51. The number of ether oxygens (including phenoxy) is 1. The lowest BCUT2D eigenvalue weighted by Crippen LogP contribution is -2.01. The number of aromatic hydroxyl groups is 1. The van der Waals surface area contributed by atoms with Crippen molar-refractivity contribution in [2.24, 2.45) is 0 Å². The molecule has 88 valence electrons. The third-order valence-corrected chi connectivity index (χ3v) is 2.91. The van der Waals surface area contributed by atoms with Gasteiger partial charge in [-0.25, -0.2) is 0 Å². The van der Waals surface area contributed by atoms with Crippen molar-refractivity contribution in [1.29, 1.82) is 0 Å². The molecule has 3 nitrogen and oxygen atoms in total. The van der Waals surface area contributed by atoms with Crippen LogP contribution in [-0.2, 0) is 4.79 Å². The number of aldehydes is 1. The lowest BCUT2D eigenvalue weighted by atomic mass is 9.91. The quantitative estimate of drug-likeness (QED) is 0.797. The first-order valence-electron chi connectivity index (χ1n) is 5.33. The Balaban J connectivity index is 3.29. The average molecular weight is 222 g/mol. The Morgan fingerprint density at radius 3 is 2.62 bits per heavy atom. The molecule has 0 saturated carbocycles. The fourth-order valence-electron chi connectivity index (χ4n) is 1.98. The van der Waals surface area contributed by atoms with Crippen LogP contribution in [0.2, 0.25) is 0 Å². The van der Waals surface area contributed by atoms with E-state index in [1.165, 1.54) is 0 Å². The van der Waals surface area contributed by atoms with Crippen LogP contribution in [-0.4, -0.2) is 18.5 Å². The third kappa shape index (κ3) is 2.18. The number of phenols is 1. The Kier molecular flexibility index (Phi) is 3.93. The summed E-state index contributed by atoms with van der Waals surface area (Å²) in [6.45, 7) is 5.66. The number of hydrogen-bond acceptors (Lipinski definition) is 3. The number of phenolic OH excluding ortho intramolecular Hbond substituents is 1. The van der Waals surface area contributed by atoms with E-state index < -0.39 is 0 Å². The zero-order valence-electron chi connectivity index (χ0n) is 10.2. The summed E-state index contributed by atoms with van der Waals surface area (Å²) in [5.74, 6) is 0.949. The predicted octanol–water partition coefficient (Wildman–Crippen LogP) is 2.71. The fraction of sp³-hybridized carbons (Fsp3) is 0.462. The highest BCUT2D eigenvalue weighted by molar-refractivity contribution is 5.57. The van der Waals surface area contributed by atoms with Crippen molar-refractivity contribution in [3.63, 3.8) is 0 Å². The van der Waals surface area contributed by atoms with Gasteiger partial charge in [0.1, 0.15) is 17.8 Å². The van der Waals surface area contributed by atoms with E-state index in [2.05, 4.69) is 0 Å². The number of aryl methyl sites for hydroxylation is 1. The van der Waals surface area contributed by atoms with E-state index in [-0.39, 0.29) is 11.7 Å². The van der Waals surface area contributed by atoms with Crippen LogP contribution in [0.15, 0.2) is 6.07 Å². The van der Waals surface area contributed by atoms with Gasteiger partial charge in [0.15, 0.2) is 0 Å². The SMILES string of the molecule is COc1cc(C)c(C(C)CC=O)c(O)c1C. The maximum atomic E-state index is 10.5. The molecule has 0 amide bonds. The highest BCUT2D eigenvalue weighted by atomic mass is 16.5. The Bertz CT molecular complexity index is 397. The molecule has 0 radical (unpaired) electrons. The molecule has 3 heteroatoms. The van der Waals surface area contributed by atoms with Gasteiger partial charge in [0.2, 0.25) is 0 Å². The lowest BCUT2D eigenvalue weighted by molar-refractivity contribution is -0.108. The van der Waals surface area contributed by atoms with E-state index in [9.17, 15) is 9.90 Å². The summed E-state index contributed by atoms with van der Waals surface area (Å²) in [6.07, 6.45) is 1.29. The summed E-state index contributed by atoms with van der Waals surface area (Å²) >= 11 is 0. The maximum absolute atomic E-state index is 10.5. The lowest BCUT2D eigenvalue weighted by Gasteiger charge is -2.18. The topological polar surface area (TPSA) is 46.5 Å². The van der Waals surface area contributed by atoms with E-state index in [1.807, 2.05) is 26.8 Å². The van der Waals surface area contributed by atoms with Gasteiger partial charge in [0.05, 0.1) is 7.11 Å². The number of benzene rings is 1. The van der Waals surface area contributed by atoms with Crippen LogP contribution in [0.4, 0.5) is 0 Å². The van der Waals surface area contributed by atoms with Crippen molar-refractivity contribution in [3.05, 3.63) is 22.8 Å². The van der Waals surface area contributed by atoms with Crippen LogP contribution in [0.3, 0.4) is 0 Å². The molecular formula is C13H18O3. The van der Waals surface area contributed by atoms with Crippen LogP contribution in [0.1, 0.15) is 36.0 Å². The van der Waals surface area contributed by atoms with Gasteiger partial charge in [-0.3, -0.25) is 0 Å². The Labute approximate surface area is 96.1 Å². The first kappa shape index (κ1) is 12.6. The van der Waals surface area contributed by atoms with E-state index >= 15 is 0 Å². The highest BCUT2D eigenvalue weighted by Gasteiger charge is 2.17. The minimum absolute atomic E-state index is 0.0297. The molecule has 1 atom stereocenters. The van der Waals surface area contributed by atoms with E-state index in [0.717, 1.165) is 23.0 Å². The van der Waals surface area contributed by atoms with Crippen molar-refractivity contribution in [2.75, 3.05) is 7.11 Å². The van der Waals surface area contributed by atoms with Crippen LogP contribution in [0.25, 0.3) is 0 Å². The van der Waals surface area contributed by atoms with Gasteiger partial charge in [-0.2, -0.15) is 0 Å². The van der Waals surface area contributed by atoms with Gasteiger partial charge in [0.25, 0.3) is 0 Å². The van der Waals surface area contributed by atoms with Gasteiger partial charge in [-0.05, 0) is 31.4 Å². The van der Waals surface area contributed by atoms with E-state index in [1.54, 1.807) is 7.11 Å². The monoisotopic (exact) mass is 222 g/mol. The number of methoxy groups -OCH3 is 1. The molecule has 1 unspecified atom stereocenters. The highest BCUT2D eigenvalue weighted by Crippen LogP contribution is 2.38. The zero-order valence-corrected chi connectivity index (χ0v) is 10.2. The Morgan fingerprint density at radius 1 is 1.50 bits per heavy atom. The molecule has 0 aromatic heterocycles.